The predicted octanol–water partition coefficient (Wildman–Crippen LogP) is 3.39. The van der Waals surface area contributed by atoms with Gasteiger partial charge < -0.3 is 4.74 Å². The molecule has 3 heteroatoms. The Hall–Kier alpha value is -1.80. The van der Waals surface area contributed by atoms with Gasteiger partial charge in [-0.25, -0.2) is 4.79 Å². The Kier molecular flexibility index (Phi) is 3.45. The first-order chi connectivity index (χ1) is 8.20. The van der Waals surface area contributed by atoms with Gasteiger partial charge in [0, 0.05) is 5.03 Å². The SMILES string of the molecule is COC(=O)C1=C/c2ccccc2/C=C/C(Cl)=C\1. The Morgan fingerprint density at radius 3 is 2.53 bits per heavy atom. The Labute approximate surface area is 105 Å². The lowest BCUT2D eigenvalue weighted by Crippen LogP contribution is -2.03. The molecule has 2 nitrogen and oxygen atoms in total. The van der Waals surface area contributed by atoms with Gasteiger partial charge in [0.15, 0.2) is 0 Å². The van der Waals surface area contributed by atoms with Gasteiger partial charge in [0.25, 0.3) is 0 Å². The van der Waals surface area contributed by atoms with Crippen molar-refractivity contribution < 1.29 is 9.53 Å². The molecule has 1 aromatic carbocycles. The highest BCUT2D eigenvalue weighted by atomic mass is 35.5. The van der Waals surface area contributed by atoms with Crippen molar-refractivity contribution in [2.24, 2.45) is 0 Å². The molecule has 1 aromatic rings. The average molecular weight is 247 g/mol. The zero-order valence-electron chi connectivity index (χ0n) is 9.31. The Balaban J connectivity index is 2.56. The number of benzene rings is 1. The summed E-state index contributed by atoms with van der Waals surface area (Å²) in [6.45, 7) is 0. The third kappa shape index (κ3) is 2.66. The highest BCUT2D eigenvalue weighted by Gasteiger charge is 2.10. The quantitative estimate of drug-likeness (QED) is 0.710. The van der Waals surface area contributed by atoms with E-state index in [1.807, 2.05) is 30.3 Å². The van der Waals surface area contributed by atoms with Crippen LogP contribution in [0.4, 0.5) is 0 Å². The van der Waals surface area contributed by atoms with Crippen LogP contribution in [0.3, 0.4) is 0 Å². The van der Waals surface area contributed by atoms with E-state index in [1.165, 1.54) is 7.11 Å². The molecule has 0 aliphatic heterocycles. The lowest BCUT2D eigenvalue weighted by molar-refractivity contribution is -0.135. The minimum atomic E-state index is -0.395. The summed E-state index contributed by atoms with van der Waals surface area (Å²) in [4.78, 5) is 11.6. The minimum Gasteiger partial charge on any atom is -0.465 e. The van der Waals surface area contributed by atoms with E-state index >= 15 is 0 Å². The Bertz CT molecular complexity index is 539. The van der Waals surface area contributed by atoms with Crippen molar-refractivity contribution in [3.8, 4) is 0 Å². The molecule has 86 valence electrons. The van der Waals surface area contributed by atoms with Crippen LogP contribution in [-0.4, -0.2) is 13.1 Å². The van der Waals surface area contributed by atoms with Gasteiger partial charge in [0.1, 0.15) is 0 Å². The second-order valence-electron chi connectivity index (χ2n) is 3.58. The first-order valence-electron chi connectivity index (χ1n) is 5.15. The summed E-state index contributed by atoms with van der Waals surface area (Å²) in [6.07, 6.45) is 7.04. The van der Waals surface area contributed by atoms with Crippen LogP contribution in [0.2, 0.25) is 0 Å². The summed E-state index contributed by atoms with van der Waals surface area (Å²) in [7, 11) is 1.35. The molecule has 0 bridgehead atoms. The lowest BCUT2D eigenvalue weighted by Gasteiger charge is -2.07. The summed E-state index contributed by atoms with van der Waals surface area (Å²) >= 11 is 5.98. The first kappa shape index (κ1) is 11.7. The average Bonchev–Trinajstić information content (AvgIpc) is 2.33. The molecule has 0 fully saturated rings. The van der Waals surface area contributed by atoms with Gasteiger partial charge in [0.2, 0.25) is 0 Å². The summed E-state index contributed by atoms with van der Waals surface area (Å²) < 4.78 is 4.71. The standard InChI is InChI=1S/C14H11ClO2/c1-17-14(16)12-8-11-5-3-2-4-10(11)6-7-13(15)9-12/h2-9H,1H3/b7-6+,10-6?,11-8?,12-8+,12-9?,13-7?,13-9+. The van der Waals surface area contributed by atoms with Crippen LogP contribution in [-0.2, 0) is 9.53 Å². The molecule has 0 radical (unpaired) electrons. The smallest absolute Gasteiger partial charge is 0.337 e. The molecule has 0 spiro atoms. The fourth-order valence-corrected chi connectivity index (χ4v) is 1.79. The summed E-state index contributed by atoms with van der Waals surface area (Å²) in [6, 6.07) is 7.77. The molecule has 0 unspecified atom stereocenters. The molecule has 1 aliphatic rings. The van der Waals surface area contributed by atoms with Crippen molar-refractivity contribution in [3.63, 3.8) is 0 Å². The highest BCUT2D eigenvalue weighted by molar-refractivity contribution is 6.32. The molecule has 17 heavy (non-hydrogen) atoms. The number of allylic oxidation sites excluding steroid dienone is 2. The van der Waals surface area contributed by atoms with Crippen molar-refractivity contribution >= 4 is 29.7 Å². The number of ether oxygens (including phenoxy) is 1. The molecular formula is C14H11ClO2. The molecule has 0 amide bonds. The Morgan fingerprint density at radius 2 is 1.82 bits per heavy atom. The number of carbonyl (C=O) groups excluding carboxylic acids is 1. The van der Waals surface area contributed by atoms with Crippen LogP contribution in [0.5, 0.6) is 0 Å². The van der Waals surface area contributed by atoms with E-state index in [-0.39, 0.29) is 0 Å². The van der Waals surface area contributed by atoms with Gasteiger partial charge in [-0.15, -0.1) is 0 Å². The topological polar surface area (TPSA) is 26.3 Å². The van der Waals surface area contributed by atoms with Crippen LogP contribution < -0.4 is 0 Å². The van der Waals surface area contributed by atoms with E-state index in [0.29, 0.717) is 10.6 Å². The Morgan fingerprint density at radius 1 is 1.12 bits per heavy atom. The van der Waals surface area contributed by atoms with Gasteiger partial charge in [-0.2, -0.15) is 0 Å². The molecule has 0 atom stereocenters. The maximum atomic E-state index is 11.6. The van der Waals surface area contributed by atoms with Crippen molar-refractivity contribution in [1.82, 2.24) is 0 Å². The lowest BCUT2D eigenvalue weighted by atomic mass is 10.0. The van der Waals surface area contributed by atoms with Gasteiger partial charge in [-0.05, 0) is 29.4 Å². The number of hydrogen-bond acceptors (Lipinski definition) is 2. The van der Waals surface area contributed by atoms with Crippen molar-refractivity contribution in [2.45, 2.75) is 0 Å². The highest BCUT2D eigenvalue weighted by Crippen LogP contribution is 2.22. The van der Waals surface area contributed by atoms with Crippen LogP contribution in [0, 0.1) is 0 Å². The van der Waals surface area contributed by atoms with E-state index in [0.717, 1.165) is 11.1 Å². The van der Waals surface area contributed by atoms with Crippen molar-refractivity contribution in [1.29, 1.82) is 0 Å². The molecule has 0 saturated heterocycles. The summed E-state index contributed by atoms with van der Waals surface area (Å²) in [5.74, 6) is -0.395. The molecule has 0 N–H and O–H groups in total. The van der Waals surface area contributed by atoms with Gasteiger partial charge in [-0.1, -0.05) is 41.9 Å². The zero-order chi connectivity index (χ0) is 12.3. The summed E-state index contributed by atoms with van der Waals surface area (Å²) in [5.41, 5.74) is 2.42. The van der Waals surface area contributed by atoms with E-state index in [1.54, 1.807) is 18.2 Å². The van der Waals surface area contributed by atoms with Crippen LogP contribution in [0.15, 0.2) is 47.0 Å². The van der Waals surface area contributed by atoms with Crippen LogP contribution in [0.25, 0.3) is 12.2 Å². The van der Waals surface area contributed by atoms with E-state index in [9.17, 15) is 4.79 Å². The zero-order valence-corrected chi connectivity index (χ0v) is 10.1. The molecule has 2 rings (SSSR count). The second-order valence-corrected chi connectivity index (χ2v) is 4.02. The normalized spacial score (nSPS) is 22.0. The number of esters is 1. The fourth-order valence-electron chi connectivity index (χ4n) is 1.61. The van der Waals surface area contributed by atoms with Crippen molar-refractivity contribution in [3.05, 3.63) is 58.1 Å². The maximum Gasteiger partial charge on any atom is 0.337 e. The molecule has 0 heterocycles. The molecule has 0 aromatic heterocycles. The third-order valence-electron chi connectivity index (χ3n) is 2.44. The number of fused-ring (bicyclic) bond motifs is 1. The predicted molar refractivity (Wildman–Crippen MR) is 69.4 cm³/mol. The fraction of sp³-hybridized carbons (Fsp3) is 0.0714. The van der Waals surface area contributed by atoms with Crippen LogP contribution >= 0.6 is 11.6 Å². The van der Waals surface area contributed by atoms with Gasteiger partial charge >= 0.3 is 5.97 Å². The number of hydrogen-bond donors (Lipinski definition) is 0. The second kappa shape index (κ2) is 5.02. The van der Waals surface area contributed by atoms with Gasteiger partial charge in [0.05, 0.1) is 12.7 Å². The number of rotatable bonds is 1. The van der Waals surface area contributed by atoms with E-state index in [2.05, 4.69) is 0 Å². The monoisotopic (exact) mass is 246 g/mol. The van der Waals surface area contributed by atoms with Gasteiger partial charge in [-0.3, -0.25) is 0 Å². The maximum absolute atomic E-state index is 11.6. The minimum absolute atomic E-state index is 0.395. The number of carbonyl (C=O) groups is 1. The van der Waals surface area contributed by atoms with Crippen LogP contribution in [0.1, 0.15) is 11.1 Å². The summed E-state index contributed by atoms with van der Waals surface area (Å²) in [5, 5.41) is 0.496. The number of halogens is 1. The molecule has 1 aliphatic carbocycles. The molecular weight excluding hydrogens is 236 g/mol. The van der Waals surface area contributed by atoms with Crippen molar-refractivity contribution in [2.75, 3.05) is 7.11 Å². The largest absolute Gasteiger partial charge is 0.465 e. The number of methoxy groups -OCH3 is 1. The molecule has 0 saturated carbocycles. The third-order valence-corrected chi connectivity index (χ3v) is 2.68. The van der Waals surface area contributed by atoms with E-state index < -0.39 is 5.97 Å². The van der Waals surface area contributed by atoms with E-state index in [4.69, 9.17) is 16.3 Å². The first-order valence-corrected chi connectivity index (χ1v) is 5.53.